The number of benzene rings is 1. The van der Waals surface area contributed by atoms with Crippen molar-refractivity contribution in [2.45, 2.75) is 125 Å². The van der Waals surface area contributed by atoms with Gasteiger partial charge in [0.1, 0.15) is 17.8 Å². The lowest BCUT2D eigenvalue weighted by Crippen LogP contribution is -1.97. The summed E-state index contributed by atoms with van der Waals surface area (Å²) in [4.78, 5) is 9.41. The van der Waals surface area contributed by atoms with E-state index in [1.165, 1.54) is 76.2 Å². The summed E-state index contributed by atoms with van der Waals surface area (Å²) in [6.07, 6.45) is 25.5. The highest BCUT2D eigenvalue weighted by molar-refractivity contribution is 5.70. The Labute approximate surface area is 235 Å². The zero-order valence-electron chi connectivity index (χ0n) is 25.4. The van der Waals surface area contributed by atoms with Gasteiger partial charge in [-0.05, 0) is 67.5 Å². The summed E-state index contributed by atoms with van der Waals surface area (Å²) in [6, 6.07) is 8.33. The fourth-order valence-electron chi connectivity index (χ4n) is 3.40. The van der Waals surface area contributed by atoms with Crippen molar-refractivity contribution >= 4 is 12.4 Å². The van der Waals surface area contributed by atoms with Crippen LogP contribution in [0.15, 0.2) is 54.3 Å². The molecule has 38 heavy (non-hydrogen) atoms. The molecule has 1 fully saturated rings. The standard InChI is InChI=1S/C27H44O2.C4H6O.C4H8/c1-4-7-8-9-10-11-12-13-14-15-24-29-27-21-18-25(19-22-27)17-20-26(16-5-2)28-23-6-3;1-4(2)3-5;1-4-2-3-4/h16-22H,4-15,23-24H2,1-3H3;3H,1H2,2H3;4H,2-3H2,1H3/b20-17+,26-16-;;. The van der Waals surface area contributed by atoms with E-state index in [0.29, 0.717) is 5.57 Å². The minimum Gasteiger partial charge on any atom is -0.494 e. The van der Waals surface area contributed by atoms with Crippen LogP contribution in [0.25, 0.3) is 6.08 Å². The van der Waals surface area contributed by atoms with Gasteiger partial charge in [-0.25, -0.2) is 0 Å². The number of rotatable bonds is 19. The predicted octanol–water partition coefficient (Wildman–Crippen LogP) is 10.9. The highest BCUT2D eigenvalue weighted by Crippen LogP contribution is 2.26. The maximum absolute atomic E-state index is 9.41. The van der Waals surface area contributed by atoms with E-state index in [0.717, 1.165) is 56.2 Å². The largest absolute Gasteiger partial charge is 0.494 e. The van der Waals surface area contributed by atoms with Gasteiger partial charge in [0.25, 0.3) is 0 Å². The lowest BCUT2D eigenvalue weighted by Gasteiger charge is -2.07. The van der Waals surface area contributed by atoms with Gasteiger partial charge in [-0.15, -0.1) is 0 Å². The summed E-state index contributed by atoms with van der Waals surface area (Å²) in [5.41, 5.74) is 1.74. The number of carbonyl (C=O) groups is 1. The van der Waals surface area contributed by atoms with Crippen LogP contribution < -0.4 is 4.74 Å². The molecule has 1 aliphatic carbocycles. The number of aldehydes is 1. The molecule has 0 spiro atoms. The van der Waals surface area contributed by atoms with Gasteiger partial charge in [0.05, 0.1) is 13.2 Å². The Morgan fingerprint density at radius 3 is 1.84 bits per heavy atom. The molecule has 0 bridgehead atoms. The van der Waals surface area contributed by atoms with Crippen molar-refractivity contribution in [3.8, 4) is 5.75 Å². The van der Waals surface area contributed by atoms with Crippen molar-refractivity contribution in [1.29, 1.82) is 0 Å². The van der Waals surface area contributed by atoms with Crippen LogP contribution in [0.2, 0.25) is 0 Å². The van der Waals surface area contributed by atoms with E-state index in [9.17, 15) is 4.79 Å². The highest BCUT2D eigenvalue weighted by atomic mass is 16.5. The molecule has 0 N–H and O–H groups in total. The molecule has 0 unspecified atom stereocenters. The van der Waals surface area contributed by atoms with Gasteiger partial charge < -0.3 is 9.47 Å². The van der Waals surface area contributed by atoms with Gasteiger partial charge in [-0.2, -0.15) is 0 Å². The zero-order chi connectivity index (χ0) is 28.3. The summed E-state index contributed by atoms with van der Waals surface area (Å²) >= 11 is 0. The summed E-state index contributed by atoms with van der Waals surface area (Å²) in [7, 11) is 0. The molecule has 3 nitrogen and oxygen atoms in total. The van der Waals surface area contributed by atoms with Crippen LogP contribution in [0.4, 0.5) is 0 Å². The first-order valence-electron chi connectivity index (χ1n) is 15.3. The first kappa shape index (κ1) is 35.7. The second kappa shape index (κ2) is 26.3. The summed E-state index contributed by atoms with van der Waals surface area (Å²) in [5.74, 6) is 3.00. The normalized spacial score (nSPS) is 12.7. The van der Waals surface area contributed by atoms with Crippen molar-refractivity contribution in [2.24, 2.45) is 5.92 Å². The Morgan fingerprint density at radius 2 is 1.39 bits per heavy atom. The van der Waals surface area contributed by atoms with E-state index in [1.807, 2.05) is 0 Å². The molecule has 1 saturated carbocycles. The molecule has 0 aromatic heterocycles. The third kappa shape index (κ3) is 25.4. The molecular weight excluding hydrogens is 468 g/mol. The Bertz CT molecular complexity index is 741. The van der Waals surface area contributed by atoms with E-state index < -0.39 is 0 Å². The lowest BCUT2D eigenvalue weighted by molar-refractivity contribution is -0.104. The summed E-state index contributed by atoms with van der Waals surface area (Å²) in [6.45, 7) is 15.4. The van der Waals surface area contributed by atoms with Crippen LogP contribution >= 0.6 is 0 Å². The maximum atomic E-state index is 9.41. The van der Waals surface area contributed by atoms with E-state index in [4.69, 9.17) is 9.47 Å². The van der Waals surface area contributed by atoms with Crippen molar-refractivity contribution in [3.05, 3.63) is 59.9 Å². The lowest BCUT2D eigenvalue weighted by atomic mass is 10.1. The third-order valence-electron chi connectivity index (χ3n) is 6.03. The average Bonchev–Trinajstić information content (AvgIpc) is 3.72. The van der Waals surface area contributed by atoms with Crippen LogP contribution in [0, 0.1) is 5.92 Å². The Kier molecular flexibility index (Phi) is 24.7. The Balaban J connectivity index is 0.00000128. The Hall–Kier alpha value is -2.29. The molecule has 3 heteroatoms. The van der Waals surface area contributed by atoms with Gasteiger partial charge in [0.2, 0.25) is 0 Å². The molecule has 0 atom stereocenters. The van der Waals surface area contributed by atoms with E-state index in [2.05, 4.69) is 76.8 Å². The van der Waals surface area contributed by atoms with Crippen molar-refractivity contribution in [3.63, 3.8) is 0 Å². The minimum atomic E-state index is 0.574. The maximum Gasteiger partial charge on any atom is 0.145 e. The fraction of sp³-hybridized carbons (Fsp3) is 0.629. The van der Waals surface area contributed by atoms with Crippen molar-refractivity contribution in [2.75, 3.05) is 13.2 Å². The summed E-state index contributed by atoms with van der Waals surface area (Å²) < 4.78 is 11.6. The van der Waals surface area contributed by atoms with E-state index in [-0.39, 0.29) is 0 Å². The smallest absolute Gasteiger partial charge is 0.145 e. The van der Waals surface area contributed by atoms with E-state index >= 15 is 0 Å². The van der Waals surface area contributed by atoms with Gasteiger partial charge in [0, 0.05) is 0 Å². The van der Waals surface area contributed by atoms with Crippen LogP contribution in [0.5, 0.6) is 5.75 Å². The summed E-state index contributed by atoms with van der Waals surface area (Å²) in [5, 5.41) is 0. The van der Waals surface area contributed by atoms with Crippen LogP contribution in [0.1, 0.15) is 130 Å². The molecule has 1 aromatic carbocycles. The number of hydrogen-bond donors (Lipinski definition) is 0. The topological polar surface area (TPSA) is 35.5 Å². The zero-order valence-corrected chi connectivity index (χ0v) is 25.4. The van der Waals surface area contributed by atoms with Crippen LogP contribution in [-0.2, 0) is 9.53 Å². The molecule has 1 aromatic rings. The molecule has 0 saturated heterocycles. The Morgan fingerprint density at radius 1 is 0.868 bits per heavy atom. The second-order valence-corrected chi connectivity index (χ2v) is 10.4. The van der Waals surface area contributed by atoms with Gasteiger partial charge in [-0.1, -0.05) is 123 Å². The minimum absolute atomic E-state index is 0.574. The first-order valence-corrected chi connectivity index (χ1v) is 15.3. The molecule has 2 rings (SSSR count). The number of hydrogen-bond acceptors (Lipinski definition) is 3. The van der Waals surface area contributed by atoms with E-state index in [1.54, 1.807) is 6.92 Å². The quantitative estimate of drug-likeness (QED) is 0.0591. The van der Waals surface area contributed by atoms with Gasteiger partial charge in [0.15, 0.2) is 0 Å². The predicted molar refractivity (Wildman–Crippen MR) is 167 cm³/mol. The first-order chi connectivity index (χ1) is 18.5. The van der Waals surface area contributed by atoms with Gasteiger partial charge >= 0.3 is 0 Å². The molecule has 0 radical (unpaired) electrons. The number of allylic oxidation sites excluding steroid dienone is 3. The molecule has 0 heterocycles. The monoisotopic (exact) mass is 526 g/mol. The molecule has 1 aliphatic rings. The number of unbranched alkanes of at least 4 members (excludes halogenated alkanes) is 9. The van der Waals surface area contributed by atoms with Gasteiger partial charge in [-0.3, -0.25) is 4.79 Å². The molecule has 216 valence electrons. The highest BCUT2D eigenvalue weighted by Gasteiger charge is 2.12. The number of carbonyl (C=O) groups excluding carboxylic acids is 1. The van der Waals surface area contributed by atoms with Crippen LogP contribution in [0.3, 0.4) is 0 Å². The molecule has 0 aliphatic heterocycles. The number of ether oxygens (including phenoxy) is 2. The fourth-order valence-corrected chi connectivity index (χ4v) is 3.40. The third-order valence-corrected chi connectivity index (χ3v) is 6.03. The molecule has 0 amide bonds. The van der Waals surface area contributed by atoms with Crippen LogP contribution in [-0.4, -0.2) is 19.5 Å². The molecular formula is C35H58O3. The average molecular weight is 527 g/mol. The SMILES string of the molecule is C=C(C)C=O.CC/C=C(/C=C/c1ccc(OCCCCCCCCCCCC)cc1)OCCC.CC1CC1. The second-order valence-electron chi connectivity index (χ2n) is 10.4. The van der Waals surface area contributed by atoms with Crippen molar-refractivity contribution < 1.29 is 14.3 Å². The van der Waals surface area contributed by atoms with Crippen molar-refractivity contribution in [1.82, 2.24) is 0 Å².